The van der Waals surface area contributed by atoms with Gasteiger partial charge < -0.3 is 11.1 Å². The van der Waals surface area contributed by atoms with Gasteiger partial charge in [0.15, 0.2) is 0 Å². The van der Waals surface area contributed by atoms with Crippen molar-refractivity contribution in [2.24, 2.45) is 11.7 Å². The molecule has 3 N–H and O–H groups in total. The Bertz CT molecular complexity index is 351. The summed E-state index contributed by atoms with van der Waals surface area (Å²) in [5.74, 6) is -0.158. The molecule has 94 valence electrons. The quantitative estimate of drug-likeness (QED) is 0.800. The van der Waals surface area contributed by atoms with Gasteiger partial charge >= 0.3 is 0 Å². The summed E-state index contributed by atoms with van der Waals surface area (Å²) in [6.45, 7) is 2.59. The Kier molecular flexibility index (Phi) is 5.63. The van der Waals surface area contributed by atoms with E-state index in [9.17, 15) is 9.18 Å². The summed E-state index contributed by atoms with van der Waals surface area (Å²) in [5.41, 5.74) is 6.21. The number of amides is 1. The lowest BCUT2D eigenvalue weighted by atomic mass is 10.00. The van der Waals surface area contributed by atoms with Crippen LogP contribution in [-0.2, 0) is 4.79 Å². The van der Waals surface area contributed by atoms with Gasteiger partial charge in [-0.3, -0.25) is 4.79 Å². The first-order valence-corrected chi connectivity index (χ1v) is 5.91. The minimum Gasteiger partial charge on any atom is -0.330 e. The van der Waals surface area contributed by atoms with E-state index in [0.29, 0.717) is 18.7 Å². The van der Waals surface area contributed by atoms with Gasteiger partial charge in [0, 0.05) is 12.1 Å². The van der Waals surface area contributed by atoms with E-state index in [0.717, 1.165) is 12.8 Å². The molecule has 0 bridgehead atoms. The van der Waals surface area contributed by atoms with Crippen LogP contribution < -0.4 is 11.1 Å². The van der Waals surface area contributed by atoms with Gasteiger partial charge in [0.2, 0.25) is 5.91 Å². The predicted octanol–water partition coefficient (Wildman–Crippen LogP) is 2.53. The summed E-state index contributed by atoms with van der Waals surface area (Å²) in [6, 6.07) is 5.74. The van der Waals surface area contributed by atoms with Crippen molar-refractivity contribution in [3.8, 4) is 0 Å². The van der Waals surface area contributed by atoms with Crippen LogP contribution in [0.1, 0.15) is 26.2 Å². The van der Waals surface area contributed by atoms with Gasteiger partial charge in [-0.2, -0.15) is 0 Å². The summed E-state index contributed by atoms with van der Waals surface area (Å²) < 4.78 is 12.7. The average molecular weight is 238 g/mol. The van der Waals surface area contributed by atoms with Gasteiger partial charge in [0.25, 0.3) is 0 Å². The number of rotatable bonds is 6. The van der Waals surface area contributed by atoms with Gasteiger partial charge in [0.05, 0.1) is 0 Å². The number of halogens is 1. The van der Waals surface area contributed by atoms with Crippen LogP contribution in [0.25, 0.3) is 0 Å². The first kappa shape index (κ1) is 13.6. The lowest BCUT2D eigenvalue weighted by molar-refractivity contribution is -0.117. The normalized spacial score (nSPS) is 12.2. The summed E-state index contributed by atoms with van der Waals surface area (Å²) in [4.78, 5) is 11.7. The van der Waals surface area contributed by atoms with Gasteiger partial charge in [-0.1, -0.05) is 13.3 Å². The van der Waals surface area contributed by atoms with Crippen molar-refractivity contribution in [2.75, 3.05) is 11.9 Å². The molecule has 4 heteroatoms. The molecule has 0 spiro atoms. The van der Waals surface area contributed by atoms with Gasteiger partial charge in [-0.25, -0.2) is 4.39 Å². The van der Waals surface area contributed by atoms with Crippen LogP contribution in [0.3, 0.4) is 0 Å². The third-order valence-corrected chi connectivity index (χ3v) is 2.63. The lowest BCUT2D eigenvalue weighted by Gasteiger charge is -2.13. The molecule has 0 radical (unpaired) electrons. The van der Waals surface area contributed by atoms with Crippen molar-refractivity contribution >= 4 is 11.6 Å². The SMILES string of the molecule is CCCC(CN)CC(=O)Nc1ccc(F)cc1. The second-order valence-electron chi connectivity index (χ2n) is 4.15. The maximum atomic E-state index is 12.7. The summed E-state index contributed by atoms with van der Waals surface area (Å²) in [5, 5.41) is 2.73. The van der Waals surface area contributed by atoms with Crippen molar-refractivity contribution in [2.45, 2.75) is 26.2 Å². The number of nitrogens with two attached hydrogens (primary N) is 1. The van der Waals surface area contributed by atoms with Crippen LogP contribution in [-0.4, -0.2) is 12.5 Å². The van der Waals surface area contributed by atoms with E-state index in [1.807, 2.05) is 0 Å². The zero-order valence-corrected chi connectivity index (χ0v) is 10.1. The molecular weight excluding hydrogens is 219 g/mol. The highest BCUT2D eigenvalue weighted by atomic mass is 19.1. The minimum atomic E-state index is -0.311. The molecule has 0 aliphatic carbocycles. The molecule has 0 fully saturated rings. The number of anilines is 1. The van der Waals surface area contributed by atoms with E-state index in [1.165, 1.54) is 12.1 Å². The van der Waals surface area contributed by atoms with Crippen LogP contribution in [0.5, 0.6) is 0 Å². The maximum Gasteiger partial charge on any atom is 0.224 e. The molecule has 1 atom stereocenters. The molecule has 17 heavy (non-hydrogen) atoms. The summed E-state index contributed by atoms with van der Waals surface area (Å²) >= 11 is 0. The monoisotopic (exact) mass is 238 g/mol. The van der Waals surface area contributed by atoms with E-state index in [4.69, 9.17) is 5.73 Å². The molecule has 0 heterocycles. The number of carbonyl (C=O) groups is 1. The third-order valence-electron chi connectivity index (χ3n) is 2.63. The Hall–Kier alpha value is -1.42. The van der Waals surface area contributed by atoms with Crippen molar-refractivity contribution in [3.05, 3.63) is 30.1 Å². The number of nitrogens with one attached hydrogen (secondary N) is 1. The van der Waals surface area contributed by atoms with Crippen LogP contribution in [0, 0.1) is 11.7 Å². The molecule has 0 saturated carbocycles. The fourth-order valence-corrected chi connectivity index (χ4v) is 1.72. The van der Waals surface area contributed by atoms with Gasteiger partial charge in [-0.05, 0) is 43.1 Å². The van der Waals surface area contributed by atoms with E-state index in [1.54, 1.807) is 12.1 Å². The zero-order chi connectivity index (χ0) is 12.7. The fraction of sp³-hybridized carbons (Fsp3) is 0.462. The van der Waals surface area contributed by atoms with Crippen LogP contribution in [0.4, 0.5) is 10.1 Å². The largest absolute Gasteiger partial charge is 0.330 e. The molecule has 1 rings (SSSR count). The van der Waals surface area contributed by atoms with Gasteiger partial charge in [0.1, 0.15) is 5.82 Å². The molecule has 0 aromatic heterocycles. The third kappa shape index (κ3) is 4.95. The number of benzene rings is 1. The molecule has 0 aliphatic heterocycles. The first-order valence-electron chi connectivity index (χ1n) is 5.91. The lowest BCUT2D eigenvalue weighted by Crippen LogP contribution is -2.22. The topological polar surface area (TPSA) is 55.1 Å². The van der Waals surface area contributed by atoms with E-state index in [2.05, 4.69) is 12.2 Å². The average Bonchev–Trinajstić information content (AvgIpc) is 2.31. The standard InChI is InChI=1S/C13H19FN2O/c1-2-3-10(9-15)8-13(17)16-12-6-4-11(14)5-7-12/h4-7,10H,2-3,8-9,15H2,1H3,(H,16,17). The molecule has 1 aromatic rings. The first-order chi connectivity index (χ1) is 8.15. The van der Waals surface area contributed by atoms with E-state index < -0.39 is 0 Å². The zero-order valence-electron chi connectivity index (χ0n) is 10.1. The van der Waals surface area contributed by atoms with E-state index in [-0.39, 0.29) is 17.6 Å². The molecular formula is C13H19FN2O. The predicted molar refractivity (Wildman–Crippen MR) is 67.1 cm³/mol. The van der Waals surface area contributed by atoms with Crippen LogP contribution in [0.15, 0.2) is 24.3 Å². The Balaban J connectivity index is 2.46. The highest BCUT2D eigenvalue weighted by Crippen LogP contribution is 2.13. The smallest absolute Gasteiger partial charge is 0.224 e. The Labute approximate surface area is 101 Å². The van der Waals surface area contributed by atoms with Gasteiger partial charge in [-0.15, -0.1) is 0 Å². The number of carbonyl (C=O) groups excluding carboxylic acids is 1. The van der Waals surface area contributed by atoms with Crippen molar-refractivity contribution in [1.29, 1.82) is 0 Å². The highest BCUT2D eigenvalue weighted by Gasteiger charge is 2.11. The van der Waals surface area contributed by atoms with E-state index >= 15 is 0 Å². The number of hydrogen-bond donors (Lipinski definition) is 2. The Morgan fingerprint density at radius 3 is 2.59 bits per heavy atom. The highest BCUT2D eigenvalue weighted by molar-refractivity contribution is 5.90. The Morgan fingerprint density at radius 2 is 2.06 bits per heavy atom. The van der Waals surface area contributed by atoms with Crippen molar-refractivity contribution < 1.29 is 9.18 Å². The molecule has 0 saturated heterocycles. The maximum absolute atomic E-state index is 12.7. The fourth-order valence-electron chi connectivity index (χ4n) is 1.72. The van der Waals surface area contributed by atoms with Crippen LogP contribution in [0.2, 0.25) is 0 Å². The second-order valence-corrected chi connectivity index (χ2v) is 4.15. The van der Waals surface area contributed by atoms with Crippen LogP contribution >= 0.6 is 0 Å². The molecule has 1 amide bonds. The summed E-state index contributed by atoms with van der Waals surface area (Å²) in [6.07, 6.45) is 2.39. The van der Waals surface area contributed by atoms with Crippen molar-refractivity contribution in [3.63, 3.8) is 0 Å². The Morgan fingerprint density at radius 1 is 1.41 bits per heavy atom. The molecule has 1 unspecified atom stereocenters. The number of hydrogen-bond acceptors (Lipinski definition) is 2. The summed E-state index contributed by atoms with van der Waals surface area (Å²) in [7, 11) is 0. The molecule has 1 aromatic carbocycles. The second kappa shape index (κ2) is 7.01. The molecule has 0 aliphatic rings. The van der Waals surface area contributed by atoms with Crippen molar-refractivity contribution in [1.82, 2.24) is 0 Å². The minimum absolute atomic E-state index is 0.0690. The molecule has 3 nitrogen and oxygen atoms in total.